The summed E-state index contributed by atoms with van der Waals surface area (Å²) in [5.41, 5.74) is 3.35. The van der Waals surface area contributed by atoms with Gasteiger partial charge < -0.3 is 10.1 Å². The fourth-order valence-corrected chi connectivity index (χ4v) is 2.71. The van der Waals surface area contributed by atoms with Gasteiger partial charge in [0.1, 0.15) is 5.82 Å². The summed E-state index contributed by atoms with van der Waals surface area (Å²) in [7, 11) is 0. The number of fused-ring (bicyclic) bond motifs is 1. The van der Waals surface area contributed by atoms with Gasteiger partial charge in [-0.25, -0.2) is 4.39 Å². The monoisotopic (exact) mass is 383 g/mol. The Bertz CT molecular complexity index is 688. The molecule has 3 rings (SSSR count). The van der Waals surface area contributed by atoms with Gasteiger partial charge in [0.25, 0.3) is 5.91 Å². The highest BCUT2D eigenvalue weighted by molar-refractivity contribution is 14.1. The van der Waals surface area contributed by atoms with E-state index < -0.39 is 0 Å². The van der Waals surface area contributed by atoms with Gasteiger partial charge in [-0.1, -0.05) is 6.07 Å². The quantitative estimate of drug-likeness (QED) is 0.804. The van der Waals surface area contributed by atoms with E-state index in [1.165, 1.54) is 12.1 Å². The van der Waals surface area contributed by atoms with Crippen molar-refractivity contribution in [2.75, 3.05) is 5.32 Å². The normalized spacial score (nSPS) is 13.1. The maximum absolute atomic E-state index is 13.0. The van der Waals surface area contributed by atoms with Crippen LogP contribution in [0.5, 0.6) is 0 Å². The second-order valence-electron chi connectivity index (χ2n) is 4.55. The van der Waals surface area contributed by atoms with E-state index in [-0.39, 0.29) is 11.7 Å². The number of carbonyl (C=O) groups excluding carboxylic acids is 1. The first kappa shape index (κ1) is 13.5. The van der Waals surface area contributed by atoms with E-state index >= 15 is 0 Å². The predicted molar refractivity (Wildman–Crippen MR) is 82.0 cm³/mol. The Balaban J connectivity index is 1.82. The maximum atomic E-state index is 13.0. The number of carbonyl (C=O) groups is 1. The minimum absolute atomic E-state index is 0.204. The number of halogens is 2. The largest absolute Gasteiger partial charge is 0.372 e. The molecule has 1 aliphatic heterocycles. The Kier molecular flexibility index (Phi) is 3.71. The average molecular weight is 383 g/mol. The molecule has 0 saturated carbocycles. The molecule has 0 bridgehead atoms. The number of rotatable bonds is 2. The Labute approximate surface area is 129 Å². The summed E-state index contributed by atoms with van der Waals surface area (Å²) in [5.74, 6) is -0.522. The van der Waals surface area contributed by atoms with Crippen LogP contribution < -0.4 is 5.32 Å². The van der Waals surface area contributed by atoms with Crippen LogP contribution in [-0.4, -0.2) is 5.91 Å². The lowest BCUT2D eigenvalue weighted by Crippen LogP contribution is -2.13. The molecule has 1 aliphatic rings. The zero-order valence-electron chi connectivity index (χ0n) is 10.5. The highest BCUT2D eigenvalue weighted by atomic mass is 127. The molecule has 0 aliphatic carbocycles. The first-order chi connectivity index (χ1) is 9.63. The van der Waals surface area contributed by atoms with Gasteiger partial charge >= 0.3 is 0 Å². The number of hydrogen-bond acceptors (Lipinski definition) is 2. The molecule has 3 nitrogen and oxygen atoms in total. The van der Waals surface area contributed by atoms with Crippen molar-refractivity contribution in [2.24, 2.45) is 0 Å². The summed E-state index contributed by atoms with van der Waals surface area (Å²) in [6, 6.07) is 9.80. The molecule has 0 saturated heterocycles. The van der Waals surface area contributed by atoms with Gasteiger partial charge in [0, 0.05) is 9.13 Å². The van der Waals surface area contributed by atoms with E-state index in [4.69, 9.17) is 4.74 Å². The van der Waals surface area contributed by atoms with E-state index in [0.717, 1.165) is 11.1 Å². The number of amides is 1. The van der Waals surface area contributed by atoms with Crippen LogP contribution in [0.25, 0.3) is 0 Å². The number of hydrogen-bond donors (Lipinski definition) is 1. The molecule has 5 heteroatoms. The summed E-state index contributed by atoms with van der Waals surface area (Å²) in [4.78, 5) is 12.2. The molecule has 0 fully saturated rings. The van der Waals surface area contributed by atoms with Crippen molar-refractivity contribution in [3.05, 3.63) is 62.5 Å². The molecule has 0 aromatic heterocycles. The van der Waals surface area contributed by atoms with Crippen LogP contribution in [0.2, 0.25) is 0 Å². The van der Waals surface area contributed by atoms with Crippen molar-refractivity contribution in [2.45, 2.75) is 13.2 Å². The maximum Gasteiger partial charge on any atom is 0.255 e. The van der Waals surface area contributed by atoms with Crippen LogP contribution >= 0.6 is 22.6 Å². The lowest BCUT2D eigenvalue weighted by atomic mass is 10.1. The van der Waals surface area contributed by atoms with Gasteiger partial charge in [-0.2, -0.15) is 0 Å². The third-order valence-corrected chi connectivity index (χ3v) is 4.06. The van der Waals surface area contributed by atoms with E-state index in [1.54, 1.807) is 12.1 Å². The molecule has 2 aromatic rings. The average Bonchev–Trinajstić information content (AvgIpc) is 2.89. The Hall–Kier alpha value is -1.47. The molecule has 0 atom stereocenters. The summed E-state index contributed by atoms with van der Waals surface area (Å²) in [5, 5.41) is 2.79. The van der Waals surface area contributed by atoms with Gasteiger partial charge in [0.05, 0.1) is 18.9 Å². The molecule has 20 heavy (non-hydrogen) atoms. The SMILES string of the molecule is O=C(Nc1ccc(F)cc1I)c1ccc2c(c1)COC2. The topological polar surface area (TPSA) is 38.3 Å². The second kappa shape index (κ2) is 5.49. The first-order valence-electron chi connectivity index (χ1n) is 6.09. The van der Waals surface area contributed by atoms with Gasteiger partial charge in [0.15, 0.2) is 0 Å². The second-order valence-corrected chi connectivity index (χ2v) is 5.72. The van der Waals surface area contributed by atoms with Gasteiger partial charge in [0.2, 0.25) is 0 Å². The zero-order chi connectivity index (χ0) is 14.1. The van der Waals surface area contributed by atoms with Crippen LogP contribution in [-0.2, 0) is 18.0 Å². The van der Waals surface area contributed by atoms with Gasteiger partial charge in [-0.15, -0.1) is 0 Å². The number of ether oxygens (including phenoxy) is 1. The highest BCUT2D eigenvalue weighted by Gasteiger charge is 2.15. The van der Waals surface area contributed by atoms with Crippen LogP contribution in [0.15, 0.2) is 36.4 Å². The molecular weight excluding hydrogens is 372 g/mol. The summed E-state index contributed by atoms with van der Waals surface area (Å²) < 4.78 is 19.0. The Morgan fingerprint density at radius 3 is 2.75 bits per heavy atom. The molecule has 0 spiro atoms. The third kappa shape index (κ3) is 2.69. The van der Waals surface area contributed by atoms with Crippen LogP contribution in [0.1, 0.15) is 21.5 Å². The van der Waals surface area contributed by atoms with E-state index in [2.05, 4.69) is 5.32 Å². The van der Waals surface area contributed by atoms with Crippen LogP contribution in [0.4, 0.5) is 10.1 Å². The highest BCUT2D eigenvalue weighted by Crippen LogP contribution is 2.23. The Morgan fingerprint density at radius 2 is 1.95 bits per heavy atom. The van der Waals surface area contributed by atoms with Crippen molar-refractivity contribution in [1.29, 1.82) is 0 Å². The summed E-state index contributed by atoms with van der Waals surface area (Å²) >= 11 is 1.99. The summed E-state index contributed by atoms with van der Waals surface area (Å²) in [6.45, 7) is 1.15. The van der Waals surface area contributed by atoms with Crippen molar-refractivity contribution in [1.82, 2.24) is 0 Å². The third-order valence-electron chi connectivity index (χ3n) is 3.16. The van der Waals surface area contributed by atoms with Crippen LogP contribution in [0.3, 0.4) is 0 Å². The minimum Gasteiger partial charge on any atom is -0.372 e. The molecule has 2 aromatic carbocycles. The smallest absolute Gasteiger partial charge is 0.255 e. The van der Waals surface area contributed by atoms with Gasteiger partial charge in [-0.3, -0.25) is 4.79 Å². The van der Waals surface area contributed by atoms with Gasteiger partial charge in [-0.05, 0) is 64.0 Å². The molecule has 1 N–H and O–H groups in total. The molecular formula is C15H11FINO2. The molecule has 1 heterocycles. The predicted octanol–water partition coefficient (Wildman–Crippen LogP) is 3.71. The molecule has 0 unspecified atom stereocenters. The van der Waals surface area contributed by atoms with Crippen molar-refractivity contribution in [3.8, 4) is 0 Å². The Morgan fingerprint density at radius 1 is 1.15 bits per heavy atom. The molecule has 1 amide bonds. The fraction of sp³-hybridized carbons (Fsp3) is 0.133. The van der Waals surface area contributed by atoms with E-state index in [0.29, 0.717) is 28.0 Å². The molecule has 0 radical (unpaired) electrons. The van der Waals surface area contributed by atoms with E-state index in [9.17, 15) is 9.18 Å². The first-order valence-corrected chi connectivity index (χ1v) is 7.17. The lowest BCUT2D eigenvalue weighted by Gasteiger charge is -2.08. The number of benzene rings is 2. The standard InChI is InChI=1S/C15H11FINO2/c16-12-3-4-14(13(17)6-12)18-15(19)9-1-2-10-7-20-8-11(10)5-9/h1-6H,7-8H2,(H,18,19). The molecule has 102 valence electrons. The summed E-state index contributed by atoms with van der Waals surface area (Å²) in [6.07, 6.45) is 0. The van der Waals surface area contributed by atoms with Crippen molar-refractivity contribution >= 4 is 34.2 Å². The van der Waals surface area contributed by atoms with E-state index in [1.807, 2.05) is 34.7 Å². The van der Waals surface area contributed by atoms with Crippen LogP contribution in [0, 0.1) is 9.39 Å². The lowest BCUT2D eigenvalue weighted by molar-refractivity contribution is 0.102. The number of anilines is 1. The zero-order valence-corrected chi connectivity index (χ0v) is 12.6. The number of nitrogens with one attached hydrogen (secondary N) is 1. The fourth-order valence-electron chi connectivity index (χ4n) is 2.10. The minimum atomic E-state index is -0.318. The van der Waals surface area contributed by atoms with Crippen molar-refractivity contribution < 1.29 is 13.9 Å². The van der Waals surface area contributed by atoms with Crippen molar-refractivity contribution in [3.63, 3.8) is 0 Å².